The topological polar surface area (TPSA) is 851 Å². The predicted molar refractivity (Wildman–Crippen MR) is 428 cm³/mol. The molecule has 43 N–H and O–H groups in total. The maximum Gasteiger partial charge on any atom is 0.243 e. The predicted octanol–water partition coefficient (Wildman–Crippen LogP) is -11.5. The fraction of sp³-hybridized carbons (Fsp3) is 0.627. The van der Waals surface area contributed by atoms with Crippen LogP contribution >= 0.6 is 0 Å². The number of guanidine groups is 6. The molecule has 47 heteroatoms. The van der Waals surface area contributed by atoms with E-state index in [9.17, 15) is 67.4 Å². The Morgan fingerprint density at radius 2 is 0.623 bits per heavy atom. The van der Waals surface area contributed by atoms with Gasteiger partial charge in [0, 0.05) is 59.0 Å². The molecule has 0 saturated heterocycles. The van der Waals surface area contributed by atoms with E-state index < -0.39 is 157 Å². The van der Waals surface area contributed by atoms with Crippen LogP contribution in [0.3, 0.4) is 0 Å². The van der Waals surface area contributed by atoms with E-state index in [0.29, 0.717) is 31.4 Å². The van der Waals surface area contributed by atoms with E-state index >= 15 is 0 Å². The Bertz CT molecular complexity index is 3430. The van der Waals surface area contributed by atoms with Crippen molar-refractivity contribution < 1.29 is 67.4 Å². The smallest absolute Gasteiger partial charge is 0.243 e. The highest BCUT2D eigenvalue weighted by Crippen LogP contribution is 2.15. The summed E-state index contributed by atoms with van der Waals surface area (Å²) in [4.78, 5) is 205. The number of phenolic OH excluding ortho intramolecular Hbond substituents is 1. The van der Waals surface area contributed by atoms with Gasteiger partial charge in [-0.15, -0.1) is 0 Å². The van der Waals surface area contributed by atoms with E-state index in [2.05, 4.69) is 93.8 Å². The lowest BCUT2D eigenvalue weighted by Crippen LogP contribution is -2.60. The number of carbonyl (C=O) groups is 13. The molecule has 0 fully saturated rings. The molecule has 1 aromatic carbocycles. The molecule has 1 aromatic rings. The van der Waals surface area contributed by atoms with Crippen molar-refractivity contribution in [2.75, 3.05) is 66.0 Å². The van der Waals surface area contributed by atoms with Gasteiger partial charge in [-0.3, -0.25) is 92.3 Å². The lowest BCUT2D eigenvalue weighted by Gasteiger charge is -2.28. The Kier molecular flexibility index (Phi) is 49.7. The van der Waals surface area contributed by atoms with Crippen LogP contribution in [0, 0.1) is 0 Å². The van der Waals surface area contributed by atoms with Gasteiger partial charge < -0.3 is 155 Å². The van der Waals surface area contributed by atoms with Gasteiger partial charge in [0.1, 0.15) is 66.2 Å². The lowest BCUT2D eigenvalue weighted by molar-refractivity contribution is -0.136. The van der Waals surface area contributed by atoms with Crippen molar-refractivity contribution in [2.45, 2.75) is 202 Å². The van der Waals surface area contributed by atoms with Crippen LogP contribution in [0.25, 0.3) is 0 Å². The number of amides is 13. The monoisotopic (exact) mass is 1610 g/mol. The van der Waals surface area contributed by atoms with Crippen molar-refractivity contribution in [3.63, 3.8) is 0 Å². The van der Waals surface area contributed by atoms with Gasteiger partial charge in [-0.05, 0) is 160 Å². The van der Waals surface area contributed by atoms with Crippen LogP contribution in [-0.2, 0) is 68.7 Å². The molecule has 640 valence electrons. The summed E-state index contributed by atoms with van der Waals surface area (Å²) in [5, 5.41) is 41.3. The zero-order valence-electron chi connectivity index (χ0n) is 64.9. The Morgan fingerprint density at radius 1 is 0.342 bits per heavy atom. The minimum absolute atomic E-state index is 0.00467. The summed E-state index contributed by atoms with van der Waals surface area (Å²) in [7, 11) is 1.71. The zero-order chi connectivity index (χ0) is 85.7. The van der Waals surface area contributed by atoms with Crippen molar-refractivity contribution in [3.05, 3.63) is 29.8 Å². The maximum absolute atomic E-state index is 14.9. The minimum atomic E-state index is -1.73. The molecule has 0 unspecified atom stereocenters. The fourth-order valence-corrected chi connectivity index (χ4v) is 10.9. The Balaban J connectivity index is 3.95. The summed E-state index contributed by atoms with van der Waals surface area (Å²) in [5.74, 6) is -13.5. The van der Waals surface area contributed by atoms with E-state index in [4.69, 9.17) is 86.0 Å². The van der Waals surface area contributed by atoms with Gasteiger partial charge in [-0.1, -0.05) is 12.1 Å². The molecule has 10 atom stereocenters. The van der Waals surface area contributed by atoms with Gasteiger partial charge in [0.25, 0.3) is 0 Å². The van der Waals surface area contributed by atoms with E-state index in [1.54, 1.807) is 19.2 Å². The van der Waals surface area contributed by atoms with E-state index in [0.717, 1.165) is 0 Å². The van der Waals surface area contributed by atoms with Gasteiger partial charge in [0.15, 0.2) is 35.8 Å². The molecule has 47 nitrogen and oxygen atoms in total. The summed E-state index contributed by atoms with van der Waals surface area (Å²) < 4.78 is 0. The summed E-state index contributed by atoms with van der Waals surface area (Å²) >= 11 is 0. The molecule has 13 amide bonds. The summed E-state index contributed by atoms with van der Waals surface area (Å²) in [6.45, 7) is 0.947. The first-order valence-electron chi connectivity index (χ1n) is 37.3. The van der Waals surface area contributed by atoms with Crippen LogP contribution < -0.4 is 150 Å². The number of carbonyl (C=O) groups excluding carboxylic acids is 13. The molecule has 0 aliphatic carbocycles. The third-order valence-corrected chi connectivity index (χ3v) is 16.7. The van der Waals surface area contributed by atoms with Gasteiger partial charge in [-0.25, -0.2) is 0 Å². The average Bonchev–Trinajstić information content (AvgIpc) is 0.857. The number of phenols is 1. The molecule has 0 aromatic heterocycles. The van der Waals surface area contributed by atoms with Crippen molar-refractivity contribution in [1.29, 1.82) is 0 Å². The quantitative estimate of drug-likeness (QED) is 0.0164. The highest BCUT2D eigenvalue weighted by atomic mass is 16.3. The van der Waals surface area contributed by atoms with Crippen LogP contribution in [0.15, 0.2) is 54.2 Å². The number of aliphatic imine (C=N–C) groups is 6. The summed E-state index contributed by atoms with van der Waals surface area (Å²) in [5.41, 5.74) is 84.3. The Labute approximate surface area is 661 Å². The number of benzene rings is 1. The largest absolute Gasteiger partial charge is 0.508 e. The zero-order valence-corrected chi connectivity index (χ0v) is 64.9. The van der Waals surface area contributed by atoms with Gasteiger partial charge in [-0.2, -0.15) is 0 Å². The Morgan fingerprint density at radius 3 is 0.904 bits per heavy atom. The fourth-order valence-electron chi connectivity index (χ4n) is 10.9. The van der Waals surface area contributed by atoms with Crippen LogP contribution in [-0.4, -0.2) is 244 Å². The van der Waals surface area contributed by atoms with Crippen LogP contribution in [0.2, 0.25) is 0 Å². The second kappa shape index (κ2) is 56.8. The van der Waals surface area contributed by atoms with E-state index in [1.165, 1.54) is 19.1 Å². The number of nitrogens with two attached hydrogens (primary N) is 15. The highest BCUT2D eigenvalue weighted by molar-refractivity contribution is 5.99. The first kappa shape index (κ1) is 99.7. The van der Waals surface area contributed by atoms with Gasteiger partial charge >= 0.3 is 0 Å². The molecular weight excluding hydrogens is 1490 g/mol. The number of primary amides is 2. The maximum atomic E-state index is 14.9. The lowest BCUT2D eigenvalue weighted by atomic mass is 10.0. The van der Waals surface area contributed by atoms with Crippen LogP contribution in [0.1, 0.15) is 141 Å². The normalized spacial score (nSPS) is 13.4. The molecule has 114 heavy (non-hydrogen) atoms. The molecule has 0 heterocycles. The summed E-state index contributed by atoms with van der Waals surface area (Å²) in [6.07, 6.45) is -0.438. The van der Waals surface area contributed by atoms with Crippen LogP contribution in [0.5, 0.6) is 5.75 Å². The van der Waals surface area contributed by atoms with Crippen molar-refractivity contribution in [3.8, 4) is 5.75 Å². The minimum Gasteiger partial charge on any atom is -0.508 e. The Hall–Kier alpha value is -12.3. The summed E-state index contributed by atoms with van der Waals surface area (Å²) in [6, 6.07) is -8.75. The van der Waals surface area contributed by atoms with Gasteiger partial charge in [0.05, 0.1) is 6.54 Å². The van der Waals surface area contributed by atoms with E-state index in [-0.39, 0.29) is 190 Å². The number of unbranched alkanes of at least 4 members (excludes halogenated alkanes) is 2. The standard InChI is InChI=1S/C67H123N33O14/c1-37(101)91-49(35-38-21-23-39(102)24-22-38)53(106)90-36-51(104)92-41(16-8-30-85-63(73)74)54(107)94-43(14-4-6-28-83-2)57(110)95-42(13-3-5-27-68)56(109)97-45(18-10-32-87-65(77)78)58(111)98-47(20-12-34-89-67(81)82)60(113)100-48(25-26-50(69)103)61(114)99-46(19-11-33-88-66(79)80)59(112)96-44(17-9-31-86-64(75)76)55(108)93-40(52(70)105)15-7-29-84-62(71)72/h21-24,40-49,83,102H,3-20,25-36,68H2,1-2H3,(H2,69,103)(H2,70,105)(H,90,106)(H,91,101)(H,92,104)(H,93,108)(H,94,107)(H,95,110)(H,96,112)(H,97,109)(H,98,111)(H,99,114)(H,100,113)(H4,71,72,84)(H4,73,74,85)(H4,75,76,86)(H4,77,78,87)(H4,79,80,88)(H4,81,82,89)/t40-,41-,42-,43-,44-,45-,46-,47-,48-,49-/m0/s1. The van der Waals surface area contributed by atoms with Crippen LogP contribution in [0.4, 0.5) is 0 Å². The number of hydrogen-bond donors (Lipinski definition) is 28. The first-order valence-corrected chi connectivity index (χ1v) is 37.3. The first-order chi connectivity index (χ1) is 54.0. The van der Waals surface area contributed by atoms with Crippen molar-refractivity contribution in [1.82, 2.24) is 63.8 Å². The third kappa shape index (κ3) is 46.4. The van der Waals surface area contributed by atoms with Crippen molar-refractivity contribution in [2.24, 2.45) is 116 Å². The molecule has 0 spiro atoms. The molecule has 0 aliphatic rings. The number of nitrogens with zero attached hydrogens (tertiary/aromatic N) is 6. The van der Waals surface area contributed by atoms with Gasteiger partial charge in [0.2, 0.25) is 76.8 Å². The second-order valence-corrected chi connectivity index (χ2v) is 26.4. The molecule has 1 rings (SSSR count). The number of aromatic hydroxyl groups is 1. The third-order valence-electron chi connectivity index (χ3n) is 16.7. The molecule has 0 bridgehead atoms. The van der Waals surface area contributed by atoms with Crippen molar-refractivity contribution >= 4 is 113 Å². The number of nitrogens with one attached hydrogen (secondary N) is 12. The van der Waals surface area contributed by atoms with E-state index in [1.807, 2.05) is 0 Å². The molecule has 0 aliphatic heterocycles. The molecular formula is C67H123N33O14. The second-order valence-electron chi connectivity index (χ2n) is 26.4. The average molecular weight is 1610 g/mol. The number of rotatable bonds is 60. The molecule has 0 radical (unpaired) electrons. The highest BCUT2D eigenvalue weighted by Gasteiger charge is 2.36. The number of hydrogen-bond acceptors (Lipinski definition) is 22. The SMILES string of the molecule is CNCCCC[C@H](NC(=O)[C@H](CCCN=C(N)N)NC(=O)CNC(=O)[C@H](Cc1ccc(O)cc1)NC(C)=O)C(=O)N[C@@H](CCCCN)C(=O)N[C@@H](CCCN=C(N)N)C(=O)N[C@@H](CCCN=C(N)N)C(=O)N[C@@H](CCC(N)=O)C(=O)N[C@@H](CCCN=C(N)N)C(=O)N[C@@H](CCCN=C(N)N)C(=O)N[C@@H](CCCN=C(N)N)C(N)=O. The molecule has 0 saturated carbocycles.